The van der Waals surface area contributed by atoms with Gasteiger partial charge in [0.25, 0.3) is 0 Å². The number of hydrogen-bond donors (Lipinski definition) is 1. The summed E-state index contributed by atoms with van der Waals surface area (Å²) in [5, 5.41) is 2.85. The summed E-state index contributed by atoms with van der Waals surface area (Å²) in [7, 11) is -1.78. The molecule has 1 fully saturated rings. The maximum absolute atomic E-state index is 12.8. The van der Waals surface area contributed by atoms with Crippen molar-refractivity contribution in [1.82, 2.24) is 9.29 Å². The van der Waals surface area contributed by atoms with Crippen LogP contribution >= 0.6 is 0 Å². The molecule has 0 bridgehead atoms. The number of nitrogens with one attached hydrogen (secondary N) is 1. The molecule has 0 radical (unpaired) electrons. The van der Waals surface area contributed by atoms with Crippen molar-refractivity contribution in [3.05, 3.63) is 18.3 Å². The summed E-state index contributed by atoms with van der Waals surface area (Å²) in [4.78, 5) is 4.36. The van der Waals surface area contributed by atoms with Gasteiger partial charge in [0.1, 0.15) is 10.7 Å². The van der Waals surface area contributed by atoms with Gasteiger partial charge < -0.3 is 5.32 Å². The van der Waals surface area contributed by atoms with Crippen molar-refractivity contribution < 1.29 is 8.42 Å². The summed E-state index contributed by atoms with van der Waals surface area (Å²) in [6, 6.07) is 3.44. The number of anilines is 1. The van der Waals surface area contributed by atoms with Crippen LogP contribution in [0.4, 0.5) is 5.82 Å². The van der Waals surface area contributed by atoms with Crippen LogP contribution in [-0.2, 0) is 10.0 Å². The molecule has 0 unspecified atom stereocenters. The van der Waals surface area contributed by atoms with Crippen molar-refractivity contribution in [3.8, 4) is 0 Å². The van der Waals surface area contributed by atoms with Crippen molar-refractivity contribution in [1.29, 1.82) is 0 Å². The third kappa shape index (κ3) is 3.06. The largest absolute Gasteiger partial charge is 0.372 e. The summed E-state index contributed by atoms with van der Waals surface area (Å²) in [5.74, 6) is 0.724. The van der Waals surface area contributed by atoms with Crippen LogP contribution in [0.2, 0.25) is 0 Å². The molecule has 19 heavy (non-hydrogen) atoms. The number of pyridine rings is 1. The summed E-state index contributed by atoms with van der Waals surface area (Å²) in [6.07, 6.45) is 3.51. The number of sulfonamides is 1. The first-order valence-electron chi connectivity index (χ1n) is 6.61. The fourth-order valence-corrected chi connectivity index (χ4v) is 4.08. The van der Waals surface area contributed by atoms with Crippen molar-refractivity contribution in [2.45, 2.75) is 37.6 Å². The van der Waals surface area contributed by atoms with Gasteiger partial charge in [-0.2, -0.15) is 4.31 Å². The molecule has 0 saturated heterocycles. The Morgan fingerprint density at radius 3 is 2.68 bits per heavy atom. The van der Waals surface area contributed by atoms with Crippen LogP contribution < -0.4 is 5.32 Å². The smallest absolute Gasteiger partial charge is 0.247 e. The zero-order valence-electron chi connectivity index (χ0n) is 11.6. The maximum atomic E-state index is 12.8. The molecule has 0 aromatic carbocycles. The number of nitrogens with zero attached hydrogens (tertiary/aromatic N) is 2. The van der Waals surface area contributed by atoms with Crippen LogP contribution in [0, 0.1) is 5.92 Å². The Morgan fingerprint density at radius 2 is 2.16 bits per heavy atom. The van der Waals surface area contributed by atoms with Gasteiger partial charge in [0.05, 0.1) is 0 Å². The lowest BCUT2D eigenvalue weighted by Gasteiger charge is -2.24. The molecular formula is C13H21N3O2S. The lowest BCUT2D eigenvalue weighted by atomic mass is 10.2. The molecule has 0 spiro atoms. The molecule has 0 amide bonds. The molecule has 6 heteroatoms. The quantitative estimate of drug-likeness (QED) is 0.866. The zero-order valence-corrected chi connectivity index (χ0v) is 12.4. The SMILES string of the molecule is CNc1ncccc1S(=O)(=O)N(CC(C)C)C1CC1. The Kier molecular flexibility index (Phi) is 4.10. The summed E-state index contributed by atoms with van der Waals surface area (Å²) >= 11 is 0. The average Bonchev–Trinajstić information content (AvgIpc) is 3.19. The second-order valence-corrected chi connectivity index (χ2v) is 7.16. The molecule has 1 heterocycles. The van der Waals surface area contributed by atoms with E-state index in [1.54, 1.807) is 29.7 Å². The Bertz CT molecular complexity index is 539. The number of aromatic nitrogens is 1. The second kappa shape index (κ2) is 5.46. The minimum Gasteiger partial charge on any atom is -0.372 e. The summed E-state index contributed by atoms with van der Waals surface area (Å²) < 4.78 is 27.2. The molecule has 1 aliphatic rings. The van der Waals surface area contributed by atoms with Gasteiger partial charge in [-0.3, -0.25) is 0 Å². The highest BCUT2D eigenvalue weighted by molar-refractivity contribution is 7.89. The van der Waals surface area contributed by atoms with Crippen molar-refractivity contribution in [2.24, 2.45) is 5.92 Å². The van der Waals surface area contributed by atoms with Crippen LogP contribution in [0.15, 0.2) is 23.2 Å². The third-order valence-electron chi connectivity index (χ3n) is 3.09. The van der Waals surface area contributed by atoms with Gasteiger partial charge in [-0.25, -0.2) is 13.4 Å². The number of rotatable bonds is 6. The normalized spacial score (nSPS) is 16.1. The summed E-state index contributed by atoms with van der Waals surface area (Å²) in [6.45, 7) is 4.63. The average molecular weight is 283 g/mol. The first-order valence-corrected chi connectivity index (χ1v) is 8.05. The van der Waals surface area contributed by atoms with E-state index in [2.05, 4.69) is 10.3 Å². The van der Waals surface area contributed by atoms with Crippen LogP contribution in [0.5, 0.6) is 0 Å². The molecule has 1 aromatic heterocycles. The van der Waals surface area contributed by atoms with Crippen LogP contribution in [0.3, 0.4) is 0 Å². The molecule has 0 aliphatic heterocycles. The van der Waals surface area contributed by atoms with E-state index in [1.807, 2.05) is 13.8 Å². The van der Waals surface area contributed by atoms with Gasteiger partial charge in [-0.1, -0.05) is 13.8 Å². The molecule has 1 aromatic rings. The Balaban J connectivity index is 2.39. The van der Waals surface area contributed by atoms with Gasteiger partial charge in [0, 0.05) is 25.8 Å². The zero-order chi connectivity index (χ0) is 14.0. The van der Waals surface area contributed by atoms with E-state index < -0.39 is 10.0 Å². The molecule has 106 valence electrons. The highest BCUT2D eigenvalue weighted by Crippen LogP contribution is 2.34. The Labute approximate surface area is 115 Å². The van der Waals surface area contributed by atoms with Gasteiger partial charge in [-0.05, 0) is 30.9 Å². The Morgan fingerprint density at radius 1 is 1.47 bits per heavy atom. The Hall–Kier alpha value is -1.14. The minimum atomic E-state index is -3.47. The predicted octanol–water partition coefficient (Wildman–Crippen LogP) is 1.93. The monoisotopic (exact) mass is 283 g/mol. The van der Waals surface area contributed by atoms with Gasteiger partial charge in [0.2, 0.25) is 10.0 Å². The third-order valence-corrected chi connectivity index (χ3v) is 5.04. The van der Waals surface area contributed by atoms with Gasteiger partial charge in [-0.15, -0.1) is 0 Å². The van der Waals surface area contributed by atoms with E-state index in [0.717, 1.165) is 12.8 Å². The van der Waals surface area contributed by atoms with Gasteiger partial charge in [0.15, 0.2) is 0 Å². The molecule has 2 rings (SSSR count). The molecule has 5 nitrogen and oxygen atoms in total. The second-order valence-electron chi connectivity index (χ2n) is 5.30. The number of hydrogen-bond acceptors (Lipinski definition) is 4. The van der Waals surface area contributed by atoms with Crippen LogP contribution in [-0.4, -0.2) is 37.3 Å². The molecular weight excluding hydrogens is 262 g/mol. The first kappa shape index (κ1) is 14.3. The van der Waals surface area contributed by atoms with E-state index in [-0.39, 0.29) is 10.9 Å². The van der Waals surface area contributed by atoms with Gasteiger partial charge >= 0.3 is 0 Å². The van der Waals surface area contributed by atoms with Crippen LogP contribution in [0.25, 0.3) is 0 Å². The fourth-order valence-electron chi connectivity index (χ4n) is 2.08. The van der Waals surface area contributed by atoms with E-state index in [1.165, 1.54) is 0 Å². The standard InChI is InChI=1S/C13H21N3O2S/c1-10(2)9-16(11-6-7-11)19(17,18)12-5-4-8-15-13(12)14-3/h4-5,8,10-11H,6-7,9H2,1-3H3,(H,14,15). The fraction of sp³-hybridized carbons (Fsp3) is 0.615. The van der Waals surface area contributed by atoms with E-state index in [4.69, 9.17) is 0 Å². The molecule has 1 aliphatic carbocycles. The molecule has 1 saturated carbocycles. The van der Waals surface area contributed by atoms with Crippen LogP contribution in [0.1, 0.15) is 26.7 Å². The lowest BCUT2D eigenvalue weighted by molar-refractivity contribution is 0.360. The highest BCUT2D eigenvalue weighted by atomic mass is 32.2. The maximum Gasteiger partial charge on any atom is 0.247 e. The van der Waals surface area contributed by atoms with Crippen molar-refractivity contribution in [3.63, 3.8) is 0 Å². The summed E-state index contributed by atoms with van der Waals surface area (Å²) in [5.41, 5.74) is 0. The van der Waals surface area contributed by atoms with E-state index >= 15 is 0 Å². The minimum absolute atomic E-state index is 0.164. The lowest BCUT2D eigenvalue weighted by Crippen LogP contribution is -2.36. The van der Waals surface area contributed by atoms with Crippen molar-refractivity contribution >= 4 is 15.8 Å². The topological polar surface area (TPSA) is 62.3 Å². The molecule has 0 atom stereocenters. The van der Waals surface area contributed by atoms with E-state index in [0.29, 0.717) is 18.3 Å². The highest BCUT2D eigenvalue weighted by Gasteiger charge is 2.39. The first-order chi connectivity index (χ1) is 8.96. The van der Waals surface area contributed by atoms with Crippen molar-refractivity contribution in [2.75, 3.05) is 18.9 Å². The predicted molar refractivity (Wildman–Crippen MR) is 75.5 cm³/mol. The van der Waals surface area contributed by atoms with E-state index in [9.17, 15) is 8.42 Å². The molecule has 1 N–H and O–H groups in total.